The fourth-order valence-electron chi connectivity index (χ4n) is 3.70. The van der Waals surface area contributed by atoms with Crippen molar-refractivity contribution in [1.82, 2.24) is 0 Å². The van der Waals surface area contributed by atoms with Crippen molar-refractivity contribution in [2.45, 2.75) is 45.6 Å². The molecular weight excluding hydrogens is 498 g/mol. The van der Waals surface area contributed by atoms with E-state index in [1.54, 1.807) is 42.5 Å². The third kappa shape index (κ3) is 6.51. The zero-order valence-corrected chi connectivity index (χ0v) is 22.2. The number of aromatic hydroxyl groups is 1. The second kappa shape index (κ2) is 11.5. The van der Waals surface area contributed by atoms with E-state index in [-0.39, 0.29) is 39.8 Å². The van der Waals surface area contributed by atoms with Crippen LogP contribution in [0.4, 0.5) is 5.69 Å². The molecule has 3 aromatic rings. The molecule has 0 amide bonds. The van der Waals surface area contributed by atoms with Gasteiger partial charge in [-0.2, -0.15) is 0 Å². The first-order valence-electron chi connectivity index (χ1n) is 11.8. The number of sulfonamides is 1. The molecule has 0 aliphatic rings. The summed E-state index contributed by atoms with van der Waals surface area (Å²) >= 11 is 0. The zero-order chi connectivity index (χ0) is 27.3. The summed E-state index contributed by atoms with van der Waals surface area (Å²) in [5.41, 5.74) is 0.0514. The minimum atomic E-state index is -4.23. The number of fused-ring (bicyclic) bond motifs is 1. The Bertz CT molecular complexity index is 1380. The van der Waals surface area contributed by atoms with E-state index < -0.39 is 34.5 Å². The Labute approximate surface area is 216 Å². The van der Waals surface area contributed by atoms with E-state index in [4.69, 9.17) is 9.47 Å². The van der Waals surface area contributed by atoms with Gasteiger partial charge in [-0.05, 0) is 50.1 Å². The second-order valence-electron chi connectivity index (χ2n) is 9.09. The summed E-state index contributed by atoms with van der Waals surface area (Å²) in [4.78, 5) is 23.5. The topological polar surface area (TPSA) is 119 Å². The Morgan fingerprint density at radius 1 is 0.946 bits per heavy atom. The molecule has 0 bridgehead atoms. The predicted octanol–water partition coefficient (Wildman–Crippen LogP) is 4.86. The summed E-state index contributed by atoms with van der Waals surface area (Å²) < 4.78 is 44.8. The average molecular weight is 530 g/mol. The standard InChI is InChI=1S/C27H31NO8S/c1-17(2)15-28(20-10-12-21(13-11-20)36-18(3)4)37(32,33)25-14-24(27(31)35-16-34-19(5)29)26(30)23-9-7-6-8-22(23)25/h6-14,17-18,30H,15-16H2,1-5H3. The average Bonchev–Trinajstić information content (AvgIpc) is 2.82. The zero-order valence-electron chi connectivity index (χ0n) is 21.4. The quantitative estimate of drug-likeness (QED) is 0.292. The monoisotopic (exact) mass is 529 g/mol. The number of carbonyl (C=O) groups excluding carboxylic acids is 2. The van der Waals surface area contributed by atoms with Crippen LogP contribution in [0.1, 0.15) is 45.0 Å². The molecule has 0 aromatic heterocycles. The predicted molar refractivity (Wildman–Crippen MR) is 139 cm³/mol. The first-order chi connectivity index (χ1) is 17.4. The van der Waals surface area contributed by atoms with Crippen LogP contribution < -0.4 is 9.04 Å². The van der Waals surface area contributed by atoms with Gasteiger partial charge in [0.2, 0.25) is 6.79 Å². The van der Waals surface area contributed by atoms with Crippen molar-refractivity contribution >= 4 is 38.4 Å². The largest absolute Gasteiger partial charge is 0.506 e. The molecule has 10 heteroatoms. The molecule has 9 nitrogen and oxygen atoms in total. The van der Waals surface area contributed by atoms with E-state index in [0.29, 0.717) is 11.4 Å². The molecule has 0 unspecified atom stereocenters. The first-order valence-corrected chi connectivity index (χ1v) is 13.2. The molecule has 0 fully saturated rings. The van der Waals surface area contributed by atoms with Crippen LogP contribution in [0.2, 0.25) is 0 Å². The van der Waals surface area contributed by atoms with Crippen LogP contribution in [0.15, 0.2) is 59.5 Å². The lowest BCUT2D eigenvalue weighted by Crippen LogP contribution is -2.34. The normalized spacial score (nSPS) is 11.5. The molecule has 0 aliphatic heterocycles. The number of rotatable bonds is 10. The SMILES string of the molecule is CC(=O)OCOC(=O)c1cc(S(=O)(=O)N(CC(C)C)c2ccc(OC(C)C)cc2)c2ccccc2c1O. The van der Waals surface area contributed by atoms with Gasteiger partial charge in [-0.1, -0.05) is 38.1 Å². The van der Waals surface area contributed by atoms with Gasteiger partial charge in [-0.15, -0.1) is 0 Å². The van der Waals surface area contributed by atoms with Crippen molar-refractivity contribution in [3.8, 4) is 11.5 Å². The highest BCUT2D eigenvalue weighted by Gasteiger charge is 2.31. The molecule has 3 rings (SSSR count). The Morgan fingerprint density at radius 2 is 1.57 bits per heavy atom. The van der Waals surface area contributed by atoms with Gasteiger partial charge < -0.3 is 19.3 Å². The first kappa shape index (κ1) is 27.8. The van der Waals surface area contributed by atoms with E-state index in [0.717, 1.165) is 13.0 Å². The van der Waals surface area contributed by atoms with Crippen LogP contribution in [0, 0.1) is 5.92 Å². The third-order valence-corrected chi connectivity index (χ3v) is 7.08. The van der Waals surface area contributed by atoms with Crippen molar-refractivity contribution in [3.05, 3.63) is 60.2 Å². The second-order valence-corrected chi connectivity index (χ2v) is 10.9. The minimum Gasteiger partial charge on any atom is -0.506 e. The lowest BCUT2D eigenvalue weighted by Gasteiger charge is -2.27. The molecule has 3 aromatic carbocycles. The summed E-state index contributed by atoms with van der Waals surface area (Å²) in [7, 11) is -4.23. The minimum absolute atomic E-state index is 0.0297. The smallest absolute Gasteiger partial charge is 0.344 e. The lowest BCUT2D eigenvalue weighted by molar-refractivity contribution is -0.149. The van der Waals surface area contributed by atoms with Crippen molar-refractivity contribution in [2.24, 2.45) is 5.92 Å². The summed E-state index contributed by atoms with van der Waals surface area (Å²) in [6.45, 7) is 8.22. The highest BCUT2D eigenvalue weighted by Crippen LogP contribution is 2.37. The van der Waals surface area contributed by atoms with Crippen LogP contribution >= 0.6 is 0 Å². The van der Waals surface area contributed by atoms with Crippen LogP contribution in [-0.2, 0) is 24.3 Å². The number of carbonyl (C=O) groups is 2. The number of benzene rings is 3. The molecule has 1 N–H and O–H groups in total. The van der Waals surface area contributed by atoms with Gasteiger partial charge in [-0.25, -0.2) is 13.2 Å². The molecule has 0 aliphatic carbocycles. The molecule has 0 heterocycles. The third-order valence-electron chi connectivity index (χ3n) is 5.25. The fraction of sp³-hybridized carbons (Fsp3) is 0.333. The van der Waals surface area contributed by atoms with E-state index in [1.165, 1.54) is 10.4 Å². The lowest BCUT2D eigenvalue weighted by atomic mass is 10.1. The fourth-order valence-corrected chi connectivity index (χ4v) is 5.55. The Hall–Kier alpha value is -3.79. The van der Waals surface area contributed by atoms with E-state index in [9.17, 15) is 23.1 Å². The van der Waals surface area contributed by atoms with Gasteiger partial charge in [0, 0.05) is 24.2 Å². The van der Waals surface area contributed by atoms with Gasteiger partial charge >= 0.3 is 11.9 Å². The Kier molecular flexibility index (Phi) is 8.65. The summed E-state index contributed by atoms with van der Waals surface area (Å²) in [5.74, 6) is -1.56. The maximum absolute atomic E-state index is 14.1. The summed E-state index contributed by atoms with van der Waals surface area (Å²) in [6, 6.07) is 14.1. The summed E-state index contributed by atoms with van der Waals surface area (Å²) in [6.07, 6.45) is -0.0382. The highest BCUT2D eigenvalue weighted by atomic mass is 32.2. The highest BCUT2D eigenvalue weighted by molar-refractivity contribution is 7.93. The van der Waals surface area contributed by atoms with Crippen molar-refractivity contribution < 1.29 is 37.3 Å². The van der Waals surface area contributed by atoms with Crippen LogP contribution in [0.25, 0.3) is 10.8 Å². The maximum Gasteiger partial charge on any atom is 0.344 e. The number of hydrogen-bond acceptors (Lipinski definition) is 8. The number of nitrogens with zero attached hydrogens (tertiary/aromatic N) is 1. The molecular formula is C27H31NO8S. The number of phenols is 1. The van der Waals surface area contributed by atoms with Crippen molar-refractivity contribution in [3.63, 3.8) is 0 Å². The van der Waals surface area contributed by atoms with Crippen LogP contribution in [0.5, 0.6) is 11.5 Å². The maximum atomic E-state index is 14.1. The number of hydrogen-bond donors (Lipinski definition) is 1. The molecule has 0 saturated carbocycles. The van der Waals surface area contributed by atoms with Gasteiger partial charge in [-0.3, -0.25) is 9.10 Å². The van der Waals surface area contributed by atoms with E-state index >= 15 is 0 Å². The van der Waals surface area contributed by atoms with Gasteiger partial charge in [0.15, 0.2) is 0 Å². The number of ether oxygens (including phenoxy) is 3. The van der Waals surface area contributed by atoms with Crippen LogP contribution in [0.3, 0.4) is 0 Å². The molecule has 37 heavy (non-hydrogen) atoms. The molecule has 0 atom stereocenters. The van der Waals surface area contributed by atoms with Gasteiger partial charge in [0.05, 0.1) is 16.7 Å². The van der Waals surface area contributed by atoms with Crippen molar-refractivity contribution in [1.29, 1.82) is 0 Å². The molecule has 198 valence electrons. The van der Waals surface area contributed by atoms with E-state index in [1.807, 2.05) is 27.7 Å². The molecule has 0 radical (unpaired) electrons. The van der Waals surface area contributed by atoms with Gasteiger partial charge in [0.1, 0.15) is 17.1 Å². The van der Waals surface area contributed by atoms with Crippen LogP contribution in [-0.4, -0.2) is 44.9 Å². The number of esters is 2. The molecule has 0 spiro atoms. The Balaban J connectivity index is 2.14. The van der Waals surface area contributed by atoms with Gasteiger partial charge in [0.25, 0.3) is 10.0 Å². The Morgan fingerprint density at radius 3 is 2.14 bits per heavy atom. The van der Waals surface area contributed by atoms with Crippen molar-refractivity contribution in [2.75, 3.05) is 17.6 Å². The number of phenolic OH excluding ortho intramolecular Hbond substituents is 1. The molecule has 0 saturated heterocycles. The van der Waals surface area contributed by atoms with E-state index in [2.05, 4.69) is 4.74 Å². The summed E-state index contributed by atoms with van der Waals surface area (Å²) in [5, 5.41) is 11.2. The number of anilines is 1.